The van der Waals surface area contributed by atoms with Gasteiger partial charge in [0, 0.05) is 17.7 Å². The Morgan fingerprint density at radius 1 is 1.47 bits per heavy atom. The van der Waals surface area contributed by atoms with Crippen LogP contribution in [0.15, 0.2) is 11.4 Å². The highest BCUT2D eigenvalue weighted by Gasteiger charge is 2.41. The summed E-state index contributed by atoms with van der Waals surface area (Å²) in [7, 11) is 0. The molecule has 1 unspecified atom stereocenters. The summed E-state index contributed by atoms with van der Waals surface area (Å²) in [4.78, 5) is 1.11. The SMILES string of the molecule is Cc1ccsc1C1(O)CCOC(C)(C)C1. The van der Waals surface area contributed by atoms with Crippen LogP contribution in [0.4, 0.5) is 0 Å². The molecule has 0 radical (unpaired) electrons. The molecule has 0 amide bonds. The molecule has 15 heavy (non-hydrogen) atoms. The fourth-order valence-corrected chi connectivity index (χ4v) is 3.44. The third kappa shape index (κ3) is 2.10. The van der Waals surface area contributed by atoms with Crippen LogP contribution < -0.4 is 0 Å². The monoisotopic (exact) mass is 226 g/mol. The number of aryl methyl sites for hydroxylation is 1. The first-order valence-electron chi connectivity index (χ1n) is 5.34. The molecule has 1 aliphatic heterocycles. The first kappa shape index (κ1) is 11.1. The smallest absolute Gasteiger partial charge is 0.104 e. The maximum Gasteiger partial charge on any atom is 0.104 e. The number of thiophene rings is 1. The molecule has 0 bridgehead atoms. The third-order valence-electron chi connectivity index (χ3n) is 3.01. The maximum absolute atomic E-state index is 10.7. The molecule has 84 valence electrons. The Kier molecular flexibility index (Phi) is 2.65. The fraction of sp³-hybridized carbons (Fsp3) is 0.667. The highest BCUT2D eigenvalue weighted by Crippen LogP contribution is 2.42. The summed E-state index contributed by atoms with van der Waals surface area (Å²) in [5.74, 6) is 0. The minimum Gasteiger partial charge on any atom is -0.384 e. The van der Waals surface area contributed by atoms with Crippen molar-refractivity contribution in [3.8, 4) is 0 Å². The van der Waals surface area contributed by atoms with Crippen molar-refractivity contribution in [3.63, 3.8) is 0 Å². The quantitative estimate of drug-likeness (QED) is 0.798. The van der Waals surface area contributed by atoms with Gasteiger partial charge in [0.15, 0.2) is 0 Å². The Balaban J connectivity index is 2.31. The molecule has 3 heteroatoms. The molecule has 1 saturated heterocycles. The lowest BCUT2D eigenvalue weighted by Crippen LogP contribution is -2.43. The van der Waals surface area contributed by atoms with E-state index >= 15 is 0 Å². The Morgan fingerprint density at radius 2 is 2.20 bits per heavy atom. The molecule has 1 atom stereocenters. The summed E-state index contributed by atoms with van der Waals surface area (Å²) in [5.41, 5.74) is 0.295. The second kappa shape index (κ2) is 3.58. The number of hydrogen-bond acceptors (Lipinski definition) is 3. The van der Waals surface area contributed by atoms with Gasteiger partial charge in [-0.05, 0) is 37.8 Å². The lowest BCUT2D eigenvalue weighted by Gasteiger charge is -2.41. The maximum atomic E-state index is 10.7. The molecule has 1 fully saturated rings. The number of aliphatic hydroxyl groups is 1. The van der Waals surface area contributed by atoms with Crippen LogP contribution in [-0.4, -0.2) is 17.3 Å². The largest absolute Gasteiger partial charge is 0.384 e. The van der Waals surface area contributed by atoms with Crippen molar-refractivity contribution < 1.29 is 9.84 Å². The highest BCUT2D eigenvalue weighted by atomic mass is 32.1. The van der Waals surface area contributed by atoms with Crippen LogP contribution in [0.1, 0.15) is 37.1 Å². The van der Waals surface area contributed by atoms with Gasteiger partial charge in [0.05, 0.1) is 12.2 Å². The molecule has 0 spiro atoms. The number of hydrogen-bond donors (Lipinski definition) is 1. The Hall–Kier alpha value is -0.380. The minimum atomic E-state index is -0.681. The van der Waals surface area contributed by atoms with Gasteiger partial charge in [0.25, 0.3) is 0 Å². The molecule has 0 aliphatic carbocycles. The predicted octanol–water partition coefficient (Wildman–Crippen LogP) is 2.83. The van der Waals surface area contributed by atoms with E-state index in [1.165, 1.54) is 5.56 Å². The summed E-state index contributed by atoms with van der Waals surface area (Å²) < 4.78 is 5.64. The molecule has 1 aliphatic rings. The summed E-state index contributed by atoms with van der Waals surface area (Å²) in [6.07, 6.45) is 1.39. The molecule has 1 N–H and O–H groups in total. The van der Waals surface area contributed by atoms with Crippen LogP contribution >= 0.6 is 11.3 Å². The van der Waals surface area contributed by atoms with Crippen LogP contribution in [0, 0.1) is 6.92 Å². The van der Waals surface area contributed by atoms with Gasteiger partial charge in [0.2, 0.25) is 0 Å². The molecular weight excluding hydrogens is 208 g/mol. The molecule has 2 nitrogen and oxygen atoms in total. The highest BCUT2D eigenvalue weighted by molar-refractivity contribution is 7.10. The van der Waals surface area contributed by atoms with E-state index in [9.17, 15) is 5.11 Å². The van der Waals surface area contributed by atoms with Gasteiger partial charge in [-0.15, -0.1) is 11.3 Å². The molecule has 0 saturated carbocycles. The van der Waals surface area contributed by atoms with Crippen molar-refractivity contribution in [3.05, 3.63) is 21.9 Å². The average Bonchev–Trinajstić information content (AvgIpc) is 2.49. The second-order valence-electron chi connectivity index (χ2n) is 5.00. The van der Waals surface area contributed by atoms with Gasteiger partial charge in [-0.3, -0.25) is 0 Å². The lowest BCUT2D eigenvalue weighted by atomic mass is 9.82. The number of rotatable bonds is 1. The Labute approximate surface area is 94.9 Å². The fourth-order valence-electron chi connectivity index (χ4n) is 2.38. The first-order chi connectivity index (χ1) is 6.93. The van der Waals surface area contributed by atoms with Gasteiger partial charge in [0.1, 0.15) is 5.60 Å². The van der Waals surface area contributed by atoms with Crippen LogP contribution in [-0.2, 0) is 10.3 Å². The van der Waals surface area contributed by atoms with E-state index in [2.05, 4.69) is 13.0 Å². The zero-order chi connectivity index (χ0) is 11.1. The zero-order valence-corrected chi connectivity index (χ0v) is 10.4. The van der Waals surface area contributed by atoms with Crippen LogP contribution in [0.2, 0.25) is 0 Å². The van der Waals surface area contributed by atoms with Crippen LogP contribution in [0.3, 0.4) is 0 Å². The van der Waals surface area contributed by atoms with E-state index in [-0.39, 0.29) is 5.60 Å². The van der Waals surface area contributed by atoms with E-state index in [1.807, 2.05) is 19.2 Å². The van der Waals surface area contributed by atoms with Crippen molar-refractivity contribution in [2.75, 3.05) is 6.61 Å². The molecule has 1 aromatic heterocycles. The van der Waals surface area contributed by atoms with Crippen molar-refractivity contribution in [1.29, 1.82) is 0 Å². The van der Waals surface area contributed by atoms with Gasteiger partial charge >= 0.3 is 0 Å². The second-order valence-corrected chi connectivity index (χ2v) is 5.92. The molecule has 2 heterocycles. The van der Waals surface area contributed by atoms with Gasteiger partial charge in [-0.2, -0.15) is 0 Å². The lowest BCUT2D eigenvalue weighted by molar-refractivity contribution is -0.146. The average molecular weight is 226 g/mol. The molecule has 0 aromatic carbocycles. The van der Waals surface area contributed by atoms with Gasteiger partial charge in [-0.1, -0.05) is 0 Å². The van der Waals surface area contributed by atoms with Gasteiger partial charge in [-0.25, -0.2) is 0 Å². The Bertz CT molecular complexity index is 356. The van der Waals surface area contributed by atoms with Crippen LogP contribution in [0.25, 0.3) is 0 Å². The summed E-state index contributed by atoms with van der Waals surface area (Å²) in [5, 5.41) is 12.7. The zero-order valence-electron chi connectivity index (χ0n) is 9.54. The first-order valence-corrected chi connectivity index (χ1v) is 6.22. The van der Waals surface area contributed by atoms with Crippen molar-refractivity contribution >= 4 is 11.3 Å². The molecular formula is C12H18O2S. The van der Waals surface area contributed by atoms with Crippen molar-refractivity contribution in [2.24, 2.45) is 0 Å². The normalized spacial score (nSPS) is 30.4. The van der Waals surface area contributed by atoms with Crippen molar-refractivity contribution in [1.82, 2.24) is 0 Å². The molecule has 2 rings (SSSR count). The summed E-state index contributed by atoms with van der Waals surface area (Å²) in [6, 6.07) is 2.07. The topological polar surface area (TPSA) is 29.5 Å². The molecule has 1 aromatic rings. The van der Waals surface area contributed by atoms with E-state index in [0.29, 0.717) is 19.4 Å². The van der Waals surface area contributed by atoms with E-state index in [0.717, 1.165) is 4.88 Å². The Morgan fingerprint density at radius 3 is 2.73 bits per heavy atom. The predicted molar refractivity (Wildman–Crippen MR) is 62.2 cm³/mol. The van der Waals surface area contributed by atoms with E-state index in [4.69, 9.17) is 4.74 Å². The number of ether oxygens (including phenoxy) is 1. The van der Waals surface area contributed by atoms with E-state index < -0.39 is 5.60 Å². The van der Waals surface area contributed by atoms with E-state index in [1.54, 1.807) is 11.3 Å². The summed E-state index contributed by atoms with van der Waals surface area (Å²) in [6.45, 7) is 6.78. The third-order valence-corrected chi connectivity index (χ3v) is 4.22. The van der Waals surface area contributed by atoms with Crippen LogP contribution in [0.5, 0.6) is 0 Å². The van der Waals surface area contributed by atoms with Crippen molar-refractivity contribution in [2.45, 2.75) is 44.8 Å². The van der Waals surface area contributed by atoms with Gasteiger partial charge < -0.3 is 9.84 Å². The minimum absolute atomic E-state index is 0.219. The standard InChI is InChI=1S/C12H18O2S/c1-9-4-7-15-10(9)12(13)5-6-14-11(2,3)8-12/h4,7,13H,5-6,8H2,1-3H3. The summed E-state index contributed by atoms with van der Waals surface area (Å²) >= 11 is 1.65.